The van der Waals surface area contributed by atoms with Gasteiger partial charge in [-0.25, -0.2) is 0 Å². The number of carbonyl (C=O) groups excluding carboxylic acids is 1. The highest BCUT2D eigenvalue weighted by molar-refractivity contribution is 5.94. The number of likely N-dealkylation sites (tertiary alicyclic amines) is 1. The predicted molar refractivity (Wildman–Crippen MR) is 88.2 cm³/mol. The van der Waals surface area contributed by atoms with Gasteiger partial charge >= 0.3 is 0 Å². The van der Waals surface area contributed by atoms with Gasteiger partial charge in [-0.1, -0.05) is 0 Å². The number of carbonyl (C=O) groups is 1. The maximum atomic E-state index is 12.4. The standard InChI is InChI=1S/C18H21N3O3/c22-18(20-15-2-1-5-19-9-15)16-8-14-3-6-21(11-17(14)24-16)10-13-4-7-23-12-13/h1-2,4-5,7,9,12,14,16-17H,3,6,8,10-11H2,(H,20,22)/t14-,16+,17-/m1/s1. The Balaban J connectivity index is 1.33. The molecule has 6 heteroatoms. The van der Waals surface area contributed by atoms with E-state index in [1.54, 1.807) is 31.0 Å². The molecule has 0 radical (unpaired) electrons. The summed E-state index contributed by atoms with van der Waals surface area (Å²) in [6.07, 6.45) is 8.45. The SMILES string of the molecule is O=C(Nc1cccnc1)[C@@H]1C[C@H]2CCN(Cc3ccoc3)C[C@H]2O1. The average molecular weight is 327 g/mol. The van der Waals surface area contributed by atoms with E-state index in [1.807, 2.05) is 12.1 Å². The molecule has 0 aromatic carbocycles. The Kier molecular flexibility index (Phi) is 4.32. The van der Waals surface area contributed by atoms with E-state index >= 15 is 0 Å². The first-order valence-electron chi connectivity index (χ1n) is 8.38. The normalized spacial score (nSPS) is 26.9. The number of pyridine rings is 1. The van der Waals surface area contributed by atoms with Gasteiger partial charge < -0.3 is 14.5 Å². The average Bonchev–Trinajstić information content (AvgIpc) is 3.25. The molecule has 1 amide bonds. The Hall–Kier alpha value is -2.18. The third kappa shape index (κ3) is 3.34. The summed E-state index contributed by atoms with van der Waals surface area (Å²) in [5.74, 6) is 0.397. The van der Waals surface area contributed by atoms with Crippen molar-refractivity contribution in [2.45, 2.75) is 31.6 Å². The maximum absolute atomic E-state index is 12.4. The van der Waals surface area contributed by atoms with Gasteiger partial charge in [-0.3, -0.25) is 14.7 Å². The van der Waals surface area contributed by atoms with Crippen molar-refractivity contribution >= 4 is 11.6 Å². The zero-order valence-electron chi connectivity index (χ0n) is 13.4. The number of fused-ring (bicyclic) bond motifs is 1. The summed E-state index contributed by atoms with van der Waals surface area (Å²) >= 11 is 0. The van der Waals surface area contributed by atoms with E-state index < -0.39 is 0 Å². The number of furan rings is 1. The number of nitrogens with zero attached hydrogens (tertiary/aromatic N) is 2. The van der Waals surface area contributed by atoms with Crippen LogP contribution in [0.4, 0.5) is 5.69 Å². The second kappa shape index (κ2) is 6.75. The van der Waals surface area contributed by atoms with Crippen LogP contribution in [-0.4, -0.2) is 41.1 Å². The van der Waals surface area contributed by atoms with Crippen LogP contribution >= 0.6 is 0 Å². The first kappa shape index (κ1) is 15.4. The molecule has 0 aliphatic carbocycles. The Morgan fingerprint density at radius 3 is 3.17 bits per heavy atom. The number of aromatic nitrogens is 1. The van der Waals surface area contributed by atoms with Gasteiger partial charge in [0.2, 0.25) is 0 Å². The van der Waals surface area contributed by atoms with Crippen LogP contribution in [0.2, 0.25) is 0 Å². The van der Waals surface area contributed by atoms with E-state index in [0.29, 0.717) is 11.6 Å². The van der Waals surface area contributed by atoms with Crippen LogP contribution in [0.3, 0.4) is 0 Å². The number of hydrogen-bond donors (Lipinski definition) is 1. The van der Waals surface area contributed by atoms with Crippen molar-refractivity contribution < 1.29 is 13.9 Å². The van der Waals surface area contributed by atoms with Crippen molar-refractivity contribution in [3.63, 3.8) is 0 Å². The molecule has 4 heterocycles. The quantitative estimate of drug-likeness (QED) is 0.933. The molecule has 6 nitrogen and oxygen atoms in total. The molecular weight excluding hydrogens is 306 g/mol. The molecule has 2 aromatic heterocycles. The Morgan fingerprint density at radius 1 is 1.42 bits per heavy atom. The van der Waals surface area contributed by atoms with Gasteiger partial charge in [-0.2, -0.15) is 0 Å². The second-order valence-corrected chi connectivity index (χ2v) is 6.55. The topological polar surface area (TPSA) is 67.6 Å². The van der Waals surface area contributed by atoms with Crippen molar-refractivity contribution in [1.82, 2.24) is 9.88 Å². The van der Waals surface area contributed by atoms with E-state index in [2.05, 4.69) is 15.2 Å². The molecule has 24 heavy (non-hydrogen) atoms. The number of ether oxygens (including phenoxy) is 1. The Bertz CT molecular complexity index is 674. The van der Waals surface area contributed by atoms with Crippen LogP contribution < -0.4 is 5.32 Å². The minimum Gasteiger partial charge on any atom is -0.472 e. The fourth-order valence-electron chi connectivity index (χ4n) is 3.61. The summed E-state index contributed by atoms with van der Waals surface area (Å²) < 4.78 is 11.2. The van der Waals surface area contributed by atoms with E-state index in [-0.39, 0.29) is 18.1 Å². The number of amides is 1. The number of nitrogens with one attached hydrogen (secondary N) is 1. The van der Waals surface area contributed by atoms with Gasteiger partial charge in [0, 0.05) is 24.8 Å². The van der Waals surface area contributed by atoms with E-state index in [4.69, 9.17) is 9.15 Å². The van der Waals surface area contributed by atoms with Crippen LogP contribution in [0.5, 0.6) is 0 Å². The maximum Gasteiger partial charge on any atom is 0.253 e. The molecule has 0 spiro atoms. The number of piperidine rings is 1. The van der Waals surface area contributed by atoms with Gasteiger partial charge in [0.1, 0.15) is 6.10 Å². The lowest BCUT2D eigenvalue weighted by Crippen LogP contribution is -2.41. The molecule has 126 valence electrons. The smallest absolute Gasteiger partial charge is 0.253 e. The molecule has 2 fully saturated rings. The van der Waals surface area contributed by atoms with Crippen LogP contribution in [0.1, 0.15) is 18.4 Å². The zero-order chi connectivity index (χ0) is 16.4. The highest BCUT2D eigenvalue weighted by Gasteiger charge is 2.41. The molecule has 4 rings (SSSR count). The van der Waals surface area contributed by atoms with Gasteiger partial charge in [0.05, 0.1) is 30.5 Å². The van der Waals surface area contributed by atoms with E-state index in [0.717, 1.165) is 32.5 Å². The third-order valence-electron chi connectivity index (χ3n) is 4.84. The molecule has 0 unspecified atom stereocenters. The van der Waals surface area contributed by atoms with Gasteiger partial charge in [0.25, 0.3) is 5.91 Å². The molecular formula is C18H21N3O3. The van der Waals surface area contributed by atoms with Crippen LogP contribution in [0, 0.1) is 5.92 Å². The molecule has 0 saturated carbocycles. The minimum absolute atomic E-state index is 0.0706. The Morgan fingerprint density at radius 2 is 2.38 bits per heavy atom. The molecule has 2 aliphatic heterocycles. The Labute approximate surface area is 140 Å². The number of rotatable bonds is 4. The molecule has 1 N–H and O–H groups in total. The summed E-state index contributed by atoms with van der Waals surface area (Å²) in [6, 6.07) is 5.63. The van der Waals surface area contributed by atoms with Crippen molar-refractivity contribution in [2.75, 3.05) is 18.4 Å². The molecule has 2 aromatic rings. The monoisotopic (exact) mass is 327 g/mol. The van der Waals surface area contributed by atoms with Gasteiger partial charge in [-0.05, 0) is 43.5 Å². The van der Waals surface area contributed by atoms with E-state index in [1.165, 1.54) is 5.56 Å². The fraction of sp³-hybridized carbons (Fsp3) is 0.444. The molecule has 2 aliphatic rings. The van der Waals surface area contributed by atoms with Gasteiger partial charge in [-0.15, -0.1) is 0 Å². The summed E-state index contributed by atoms with van der Waals surface area (Å²) in [4.78, 5) is 18.8. The molecule has 3 atom stereocenters. The van der Waals surface area contributed by atoms with Crippen LogP contribution in [0.15, 0.2) is 47.5 Å². The number of hydrogen-bond acceptors (Lipinski definition) is 5. The summed E-state index contributed by atoms with van der Waals surface area (Å²) in [5, 5.41) is 2.89. The lowest BCUT2D eigenvalue weighted by Gasteiger charge is -2.33. The van der Waals surface area contributed by atoms with Crippen molar-refractivity contribution in [2.24, 2.45) is 5.92 Å². The summed E-state index contributed by atoms with van der Waals surface area (Å²) in [5.41, 5.74) is 1.89. The van der Waals surface area contributed by atoms with Crippen molar-refractivity contribution in [3.05, 3.63) is 48.7 Å². The van der Waals surface area contributed by atoms with Crippen LogP contribution in [0.25, 0.3) is 0 Å². The molecule has 2 saturated heterocycles. The minimum atomic E-state index is -0.367. The van der Waals surface area contributed by atoms with Crippen LogP contribution in [-0.2, 0) is 16.1 Å². The first-order valence-corrected chi connectivity index (χ1v) is 8.38. The molecule has 0 bridgehead atoms. The fourth-order valence-corrected chi connectivity index (χ4v) is 3.61. The number of anilines is 1. The lowest BCUT2D eigenvalue weighted by atomic mass is 9.91. The van der Waals surface area contributed by atoms with E-state index in [9.17, 15) is 4.79 Å². The highest BCUT2D eigenvalue weighted by Crippen LogP contribution is 2.34. The zero-order valence-corrected chi connectivity index (χ0v) is 13.4. The first-order chi connectivity index (χ1) is 11.8. The summed E-state index contributed by atoms with van der Waals surface area (Å²) in [7, 11) is 0. The largest absolute Gasteiger partial charge is 0.472 e. The predicted octanol–water partition coefficient (Wildman–Crippen LogP) is 2.29. The summed E-state index contributed by atoms with van der Waals surface area (Å²) in [6.45, 7) is 2.77. The third-order valence-corrected chi connectivity index (χ3v) is 4.84. The van der Waals surface area contributed by atoms with Crippen molar-refractivity contribution in [1.29, 1.82) is 0 Å². The second-order valence-electron chi connectivity index (χ2n) is 6.55. The lowest BCUT2D eigenvalue weighted by molar-refractivity contribution is -0.127. The highest BCUT2D eigenvalue weighted by atomic mass is 16.5. The van der Waals surface area contributed by atoms with Crippen molar-refractivity contribution in [3.8, 4) is 0 Å². The van der Waals surface area contributed by atoms with Gasteiger partial charge in [0.15, 0.2) is 0 Å².